The predicted octanol–water partition coefficient (Wildman–Crippen LogP) is 2.27. The first kappa shape index (κ1) is 13.4. The van der Waals surface area contributed by atoms with Gasteiger partial charge in [-0.05, 0) is 18.2 Å². The number of esters is 1. The fourth-order valence-electron chi connectivity index (χ4n) is 1.55. The van der Waals surface area contributed by atoms with Gasteiger partial charge in [-0.1, -0.05) is 18.2 Å². The van der Waals surface area contributed by atoms with E-state index in [-0.39, 0.29) is 22.6 Å². The van der Waals surface area contributed by atoms with E-state index in [1.54, 1.807) is 18.4 Å². The number of hydrogen-bond acceptors (Lipinski definition) is 5. The Labute approximate surface area is 113 Å². The van der Waals surface area contributed by atoms with Gasteiger partial charge >= 0.3 is 5.97 Å². The van der Waals surface area contributed by atoms with Gasteiger partial charge in [0.1, 0.15) is 5.75 Å². The Hall–Kier alpha value is -3.02. The van der Waals surface area contributed by atoms with Gasteiger partial charge < -0.3 is 4.74 Å². The summed E-state index contributed by atoms with van der Waals surface area (Å²) in [6.07, 6.45) is 1.65. The molecule has 0 aliphatic heterocycles. The van der Waals surface area contributed by atoms with Gasteiger partial charge in [-0.2, -0.15) is 0 Å². The van der Waals surface area contributed by atoms with Gasteiger partial charge in [0.25, 0.3) is 5.69 Å². The summed E-state index contributed by atoms with van der Waals surface area (Å²) in [6, 6.07) is 11.1. The molecule has 6 heteroatoms. The summed E-state index contributed by atoms with van der Waals surface area (Å²) in [5.74, 6) is -0.570. The van der Waals surface area contributed by atoms with Crippen molar-refractivity contribution in [2.45, 2.75) is 0 Å². The highest BCUT2D eigenvalue weighted by atomic mass is 16.6. The van der Waals surface area contributed by atoms with Crippen LogP contribution in [0.1, 0.15) is 15.9 Å². The average Bonchev–Trinajstić information content (AvgIpc) is 2.47. The number of nitrogens with zero attached hydrogens (tertiary/aromatic N) is 1. The predicted molar refractivity (Wildman–Crippen MR) is 69.3 cm³/mol. The molecule has 0 saturated heterocycles. The third-order valence-corrected chi connectivity index (χ3v) is 2.52. The van der Waals surface area contributed by atoms with Crippen molar-refractivity contribution in [2.24, 2.45) is 0 Å². The summed E-state index contributed by atoms with van der Waals surface area (Å²) in [6.45, 7) is 0. The normalized spacial score (nSPS) is 9.80. The number of ether oxygens (including phenoxy) is 1. The van der Waals surface area contributed by atoms with E-state index in [2.05, 4.69) is 0 Å². The number of nitro groups is 1. The maximum Gasteiger partial charge on any atom is 0.344 e. The molecule has 99 valence electrons. The zero-order valence-corrected chi connectivity index (χ0v) is 10.1. The molecule has 0 aromatic heterocycles. The third-order valence-electron chi connectivity index (χ3n) is 2.52. The zero-order valence-electron chi connectivity index (χ0n) is 10.1. The molecule has 0 N–H and O–H groups in total. The minimum absolute atomic E-state index is 0.0841. The van der Waals surface area contributed by atoms with Gasteiger partial charge in [0.05, 0.1) is 10.5 Å². The van der Waals surface area contributed by atoms with Crippen LogP contribution in [-0.2, 0) is 4.79 Å². The maximum absolute atomic E-state index is 11.9. The lowest BCUT2D eigenvalue weighted by molar-refractivity contribution is -0.384. The van der Waals surface area contributed by atoms with Crippen LogP contribution in [-0.4, -0.2) is 17.2 Å². The molecule has 0 atom stereocenters. The van der Waals surface area contributed by atoms with Crippen molar-refractivity contribution >= 4 is 17.9 Å². The fraction of sp³-hybridized carbons (Fsp3) is 0. The molecule has 0 unspecified atom stereocenters. The lowest BCUT2D eigenvalue weighted by atomic mass is 10.1. The minimum atomic E-state index is -0.724. The molecule has 0 spiro atoms. The van der Waals surface area contributed by atoms with E-state index < -0.39 is 10.9 Å². The molecule has 0 amide bonds. The van der Waals surface area contributed by atoms with E-state index in [1.165, 1.54) is 36.4 Å². The van der Waals surface area contributed by atoms with Crippen LogP contribution in [0.4, 0.5) is 5.69 Å². The molecular weight excluding hydrogens is 262 g/mol. The molecule has 20 heavy (non-hydrogen) atoms. The Kier molecular flexibility index (Phi) is 3.85. The zero-order chi connectivity index (χ0) is 14.5. The first-order valence-corrected chi connectivity index (χ1v) is 5.55. The second-order valence-electron chi connectivity index (χ2n) is 3.79. The van der Waals surface area contributed by atoms with Crippen molar-refractivity contribution < 1.29 is 19.2 Å². The first-order chi connectivity index (χ1) is 9.61. The first-order valence-electron chi connectivity index (χ1n) is 5.55. The van der Waals surface area contributed by atoms with Crippen molar-refractivity contribution in [1.29, 1.82) is 0 Å². The Balaban J connectivity index is 2.19. The number of benzene rings is 2. The van der Waals surface area contributed by atoms with Crippen molar-refractivity contribution in [1.82, 2.24) is 0 Å². The summed E-state index contributed by atoms with van der Waals surface area (Å²) in [7, 11) is 0. The SMILES string of the molecule is O=[C]c1ccccc1C(=O)Oc1ccc([N+](=O)[O-])cc1. The Morgan fingerprint density at radius 1 is 1.10 bits per heavy atom. The molecule has 0 heterocycles. The second kappa shape index (κ2) is 5.75. The average molecular weight is 270 g/mol. The highest BCUT2D eigenvalue weighted by molar-refractivity contribution is 5.99. The molecule has 0 saturated carbocycles. The third kappa shape index (κ3) is 2.86. The van der Waals surface area contributed by atoms with Gasteiger partial charge in [0.15, 0.2) is 0 Å². The van der Waals surface area contributed by atoms with Crippen LogP contribution in [0.25, 0.3) is 0 Å². The molecule has 0 bridgehead atoms. The Morgan fingerprint density at radius 3 is 2.35 bits per heavy atom. The molecule has 0 aliphatic rings. The summed E-state index contributed by atoms with van der Waals surface area (Å²) in [5, 5.41) is 10.5. The number of carbonyl (C=O) groups excluding carboxylic acids is 2. The topological polar surface area (TPSA) is 86.5 Å². The highest BCUT2D eigenvalue weighted by Crippen LogP contribution is 2.19. The molecule has 1 radical (unpaired) electrons. The smallest absolute Gasteiger partial charge is 0.344 e. The van der Waals surface area contributed by atoms with E-state index in [0.717, 1.165) is 0 Å². The minimum Gasteiger partial charge on any atom is -0.423 e. The van der Waals surface area contributed by atoms with Crippen LogP contribution in [0.2, 0.25) is 0 Å². The van der Waals surface area contributed by atoms with Gasteiger partial charge in [-0.3, -0.25) is 14.9 Å². The number of nitro benzene ring substituents is 1. The standard InChI is InChI=1S/C14H8NO5/c16-9-10-3-1-2-4-13(10)14(17)20-12-7-5-11(6-8-12)15(18)19/h1-8H. The molecule has 2 aromatic carbocycles. The number of hydrogen-bond donors (Lipinski definition) is 0. The van der Waals surface area contributed by atoms with Crippen molar-refractivity contribution in [3.05, 3.63) is 69.8 Å². The fourth-order valence-corrected chi connectivity index (χ4v) is 1.55. The second-order valence-corrected chi connectivity index (χ2v) is 3.79. The highest BCUT2D eigenvalue weighted by Gasteiger charge is 2.14. The van der Waals surface area contributed by atoms with E-state index >= 15 is 0 Å². The monoisotopic (exact) mass is 270 g/mol. The number of non-ortho nitro benzene ring substituents is 1. The lowest BCUT2D eigenvalue weighted by Gasteiger charge is -2.05. The van der Waals surface area contributed by atoms with Crippen LogP contribution in [0.5, 0.6) is 5.75 Å². The number of carbonyl (C=O) groups is 1. The van der Waals surface area contributed by atoms with Gasteiger partial charge in [-0.25, -0.2) is 4.79 Å². The van der Waals surface area contributed by atoms with Crippen LogP contribution in [0, 0.1) is 10.1 Å². The van der Waals surface area contributed by atoms with E-state index in [0.29, 0.717) is 0 Å². The van der Waals surface area contributed by atoms with Crippen LogP contribution in [0.3, 0.4) is 0 Å². The van der Waals surface area contributed by atoms with Gasteiger partial charge in [0.2, 0.25) is 6.29 Å². The van der Waals surface area contributed by atoms with E-state index in [4.69, 9.17) is 4.74 Å². The van der Waals surface area contributed by atoms with E-state index in [9.17, 15) is 19.7 Å². The summed E-state index contributed by atoms with van der Waals surface area (Å²) in [5.41, 5.74) is 0.0756. The molecule has 2 aromatic rings. The lowest BCUT2D eigenvalue weighted by Crippen LogP contribution is -2.11. The maximum atomic E-state index is 11.9. The van der Waals surface area contributed by atoms with Gasteiger partial charge in [0, 0.05) is 17.7 Å². The van der Waals surface area contributed by atoms with Crippen LogP contribution >= 0.6 is 0 Å². The van der Waals surface area contributed by atoms with Crippen molar-refractivity contribution in [3.63, 3.8) is 0 Å². The quantitative estimate of drug-likeness (QED) is 0.368. The van der Waals surface area contributed by atoms with Crippen molar-refractivity contribution in [2.75, 3.05) is 0 Å². The molecule has 6 nitrogen and oxygen atoms in total. The Morgan fingerprint density at radius 2 is 1.75 bits per heavy atom. The summed E-state index contributed by atoms with van der Waals surface area (Å²) >= 11 is 0. The molecule has 0 aliphatic carbocycles. The Bertz CT molecular complexity index is 664. The summed E-state index contributed by atoms with van der Waals surface area (Å²) in [4.78, 5) is 32.5. The van der Waals surface area contributed by atoms with Crippen LogP contribution in [0.15, 0.2) is 48.5 Å². The van der Waals surface area contributed by atoms with Crippen LogP contribution < -0.4 is 4.74 Å². The van der Waals surface area contributed by atoms with Gasteiger partial charge in [-0.15, -0.1) is 0 Å². The molecule has 2 rings (SSSR count). The van der Waals surface area contributed by atoms with Crippen molar-refractivity contribution in [3.8, 4) is 5.75 Å². The molecule has 0 fully saturated rings. The van der Waals surface area contributed by atoms with E-state index in [1.807, 2.05) is 0 Å². The largest absolute Gasteiger partial charge is 0.423 e. The number of rotatable bonds is 4. The molecular formula is C14H8NO5. The summed E-state index contributed by atoms with van der Waals surface area (Å²) < 4.78 is 5.04.